The molecule has 0 spiro atoms. The first-order valence-electron chi connectivity index (χ1n) is 8.66. The Morgan fingerprint density at radius 2 is 1.59 bits per heavy atom. The highest BCUT2D eigenvalue weighted by atomic mass is 28.3. The van der Waals surface area contributed by atoms with Crippen LogP contribution in [0.15, 0.2) is 42.5 Å². The quantitative estimate of drug-likeness (QED) is 0.634. The molecule has 115 valence electrons. The molecule has 0 aromatic heterocycles. The number of rotatable bonds is 3. The lowest BCUT2D eigenvalue weighted by Crippen LogP contribution is -2.37. The van der Waals surface area contributed by atoms with E-state index in [9.17, 15) is 0 Å². The molecular weight excluding hydrogens is 280 g/mol. The predicted octanol–water partition coefficient (Wildman–Crippen LogP) is 5.75. The molecule has 1 aliphatic carbocycles. The Morgan fingerprint density at radius 1 is 0.909 bits per heavy atom. The standard InChI is InChI=1S/C21H27Si/c1-22(2,3)21-11-7-10-20(16-21)19-14-12-18(13-15-19)17-8-5-4-6-9-17/h7,11-17H,4-6,8-9H2,1-3H3. The molecule has 0 amide bonds. The molecular formula is C21H27Si. The summed E-state index contributed by atoms with van der Waals surface area (Å²) in [5.41, 5.74) is 4.08. The summed E-state index contributed by atoms with van der Waals surface area (Å²) in [5.74, 6) is 0.792. The van der Waals surface area contributed by atoms with Crippen molar-refractivity contribution in [2.24, 2.45) is 0 Å². The van der Waals surface area contributed by atoms with Crippen LogP contribution in [0.4, 0.5) is 0 Å². The molecule has 1 fully saturated rings. The number of hydrogen-bond acceptors (Lipinski definition) is 0. The normalized spacial score (nSPS) is 16.7. The third kappa shape index (κ3) is 3.52. The van der Waals surface area contributed by atoms with E-state index >= 15 is 0 Å². The summed E-state index contributed by atoms with van der Waals surface area (Å²) in [6, 6.07) is 19.4. The minimum Gasteiger partial charge on any atom is -0.0656 e. The van der Waals surface area contributed by atoms with Gasteiger partial charge in [0.1, 0.15) is 0 Å². The van der Waals surface area contributed by atoms with Gasteiger partial charge in [-0.05, 0) is 41.5 Å². The van der Waals surface area contributed by atoms with Gasteiger partial charge in [-0.15, -0.1) is 0 Å². The zero-order chi connectivity index (χ0) is 15.6. The van der Waals surface area contributed by atoms with Crippen LogP contribution in [-0.4, -0.2) is 8.07 Å². The van der Waals surface area contributed by atoms with Crippen LogP contribution in [0.1, 0.15) is 43.6 Å². The lowest BCUT2D eigenvalue weighted by Gasteiger charge is -2.22. The summed E-state index contributed by atoms with van der Waals surface area (Å²) in [7, 11) is -1.26. The summed E-state index contributed by atoms with van der Waals surface area (Å²) in [5, 5.41) is 1.51. The van der Waals surface area contributed by atoms with Crippen molar-refractivity contribution in [2.75, 3.05) is 0 Å². The number of benzene rings is 2. The highest BCUT2D eigenvalue weighted by Gasteiger charge is 2.17. The molecule has 0 saturated heterocycles. The highest BCUT2D eigenvalue weighted by molar-refractivity contribution is 6.88. The zero-order valence-electron chi connectivity index (χ0n) is 14.2. The lowest BCUT2D eigenvalue weighted by atomic mass is 9.84. The molecule has 22 heavy (non-hydrogen) atoms. The van der Waals surface area contributed by atoms with E-state index in [-0.39, 0.29) is 0 Å². The monoisotopic (exact) mass is 307 g/mol. The van der Waals surface area contributed by atoms with E-state index < -0.39 is 8.07 Å². The van der Waals surface area contributed by atoms with Gasteiger partial charge in [0.25, 0.3) is 0 Å². The van der Waals surface area contributed by atoms with Gasteiger partial charge >= 0.3 is 0 Å². The first-order chi connectivity index (χ1) is 10.5. The largest absolute Gasteiger partial charge is 0.0776 e. The molecule has 3 rings (SSSR count). The van der Waals surface area contributed by atoms with Gasteiger partial charge in [0.2, 0.25) is 0 Å². The topological polar surface area (TPSA) is 0 Å². The maximum Gasteiger partial charge on any atom is 0.0776 e. The Hall–Kier alpha value is -1.34. The fourth-order valence-electron chi connectivity index (χ4n) is 3.47. The van der Waals surface area contributed by atoms with Gasteiger partial charge in [-0.25, -0.2) is 0 Å². The molecule has 0 heterocycles. The first kappa shape index (κ1) is 15.5. The molecule has 2 aromatic carbocycles. The van der Waals surface area contributed by atoms with Crippen molar-refractivity contribution in [1.82, 2.24) is 0 Å². The van der Waals surface area contributed by atoms with Gasteiger partial charge in [0, 0.05) is 0 Å². The van der Waals surface area contributed by atoms with Crippen LogP contribution < -0.4 is 5.19 Å². The van der Waals surface area contributed by atoms with Crippen LogP contribution in [0.5, 0.6) is 0 Å². The summed E-state index contributed by atoms with van der Waals surface area (Å²) in [6.45, 7) is 7.20. The minimum absolute atomic E-state index is 0.792. The average molecular weight is 308 g/mol. The zero-order valence-corrected chi connectivity index (χ0v) is 15.2. The fourth-order valence-corrected chi connectivity index (χ4v) is 4.63. The van der Waals surface area contributed by atoms with Crippen molar-refractivity contribution in [3.8, 4) is 11.1 Å². The molecule has 0 unspecified atom stereocenters. The van der Waals surface area contributed by atoms with Gasteiger partial charge in [0.15, 0.2) is 0 Å². The second kappa shape index (κ2) is 6.42. The van der Waals surface area contributed by atoms with Crippen molar-refractivity contribution in [3.05, 3.63) is 54.1 Å². The van der Waals surface area contributed by atoms with Crippen molar-refractivity contribution in [2.45, 2.75) is 57.7 Å². The maximum absolute atomic E-state index is 3.42. The SMILES string of the molecule is C[Si](C)(C)c1cc[c]c(-c2ccc(C3CCCCC3)cc2)c1. The summed E-state index contributed by atoms with van der Waals surface area (Å²) < 4.78 is 0. The molecule has 0 aliphatic heterocycles. The van der Waals surface area contributed by atoms with E-state index in [0.29, 0.717) is 0 Å². The molecule has 1 heteroatoms. The second-order valence-corrected chi connectivity index (χ2v) is 12.8. The minimum atomic E-state index is -1.26. The smallest absolute Gasteiger partial charge is 0.0656 e. The van der Waals surface area contributed by atoms with E-state index in [1.165, 1.54) is 54.0 Å². The molecule has 1 saturated carbocycles. The molecule has 0 N–H and O–H groups in total. The lowest BCUT2D eigenvalue weighted by molar-refractivity contribution is 0.443. The Balaban J connectivity index is 1.83. The Kier molecular flexibility index (Phi) is 4.53. The maximum atomic E-state index is 3.42. The van der Waals surface area contributed by atoms with E-state index in [2.05, 4.69) is 68.2 Å². The van der Waals surface area contributed by atoms with Gasteiger partial charge in [-0.2, -0.15) is 0 Å². The predicted molar refractivity (Wildman–Crippen MR) is 99.5 cm³/mol. The number of hydrogen-bond donors (Lipinski definition) is 0. The molecule has 0 atom stereocenters. The third-order valence-corrected chi connectivity index (χ3v) is 7.01. The summed E-state index contributed by atoms with van der Waals surface area (Å²) in [4.78, 5) is 0. The van der Waals surface area contributed by atoms with Crippen LogP contribution in [0.25, 0.3) is 11.1 Å². The third-order valence-electron chi connectivity index (χ3n) is 4.97. The summed E-state index contributed by atoms with van der Waals surface area (Å²) in [6.07, 6.45) is 6.97. The van der Waals surface area contributed by atoms with Crippen LogP contribution in [0, 0.1) is 6.07 Å². The average Bonchev–Trinajstić information content (AvgIpc) is 2.55. The van der Waals surface area contributed by atoms with Crippen LogP contribution in [0.2, 0.25) is 19.6 Å². The molecule has 1 aliphatic rings. The van der Waals surface area contributed by atoms with E-state index in [4.69, 9.17) is 0 Å². The molecule has 0 nitrogen and oxygen atoms in total. The van der Waals surface area contributed by atoms with Gasteiger partial charge in [0.05, 0.1) is 8.07 Å². The second-order valence-electron chi connectivity index (χ2n) is 7.70. The van der Waals surface area contributed by atoms with Gasteiger partial charge in [-0.1, -0.05) is 86.6 Å². The van der Waals surface area contributed by atoms with Gasteiger partial charge < -0.3 is 0 Å². The fraction of sp³-hybridized carbons (Fsp3) is 0.429. The van der Waals surface area contributed by atoms with Crippen molar-refractivity contribution < 1.29 is 0 Å². The van der Waals surface area contributed by atoms with Crippen LogP contribution in [-0.2, 0) is 0 Å². The van der Waals surface area contributed by atoms with Crippen molar-refractivity contribution >= 4 is 13.3 Å². The van der Waals surface area contributed by atoms with E-state index in [1.807, 2.05) is 0 Å². The highest BCUT2D eigenvalue weighted by Crippen LogP contribution is 2.33. The van der Waals surface area contributed by atoms with E-state index in [1.54, 1.807) is 0 Å². The van der Waals surface area contributed by atoms with Crippen LogP contribution in [0.3, 0.4) is 0 Å². The molecule has 0 bridgehead atoms. The van der Waals surface area contributed by atoms with Gasteiger partial charge in [-0.3, -0.25) is 0 Å². The Morgan fingerprint density at radius 3 is 2.23 bits per heavy atom. The molecule has 2 aromatic rings. The Labute approximate surface area is 136 Å². The Bertz CT molecular complexity index is 613. The van der Waals surface area contributed by atoms with Crippen molar-refractivity contribution in [1.29, 1.82) is 0 Å². The first-order valence-corrected chi connectivity index (χ1v) is 12.2. The van der Waals surface area contributed by atoms with Crippen molar-refractivity contribution in [3.63, 3.8) is 0 Å². The summed E-state index contributed by atoms with van der Waals surface area (Å²) >= 11 is 0. The van der Waals surface area contributed by atoms with E-state index in [0.717, 1.165) is 5.92 Å². The van der Waals surface area contributed by atoms with Crippen LogP contribution >= 0.6 is 0 Å². The molecule has 1 radical (unpaired) electrons.